The highest BCUT2D eigenvalue weighted by molar-refractivity contribution is 7.88. The molecule has 0 fully saturated rings. The molecule has 0 aliphatic heterocycles. The molecular weight excluding hydrogens is 284 g/mol. The van der Waals surface area contributed by atoms with Gasteiger partial charge in [0.2, 0.25) is 15.9 Å². The molecule has 1 aromatic rings. The maximum absolute atomic E-state index is 11.5. The van der Waals surface area contributed by atoms with E-state index in [1.807, 2.05) is 0 Å². The van der Waals surface area contributed by atoms with Crippen LogP contribution in [0.3, 0.4) is 0 Å². The van der Waals surface area contributed by atoms with Gasteiger partial charge in [0.25, 0.3) is 0 Å². The van der Waals surface area contributed by atoms with Crippen molar-refractivity contribution in [1.82, 2.24) is 0 Å². The minimum atomic E-state index is -3.58. The zero-order chi connectivity index (χ0) is 15.2. The Morgan fingerprint density at radius 1 is 1.15 bits per heavy atom. The van der Waals surface area contributed by atoms with Crippen molar-refractivity contribution in [3.8, 4) is 0 Å². The van der Waals surface area contributed by atoms with Crippen LogP contribution in [0.5, 0.6) is 0 Å². The first-order valence-electron chi connectivity index (χ1n) is 5.87. The summed E-state index contributed by atoms with van der Waals surface area (Å²) in [6.07, 6.45) is 0.330. The first-order chi connectivity index (χ1) is 9.26. The number of carbonyl (C=O) groups is 2. The molecule has 4 N–H and O–H groups in total. The average Bonchev–Trinajstić information content (AvgIpc) is 2.29. The van der Waals surface area contributed by atoms with Crippen LogP contribution in [0.4, 0.5) is 5.69 Å². The van der Waals surface area contributed by atoms with Gasteiger partial charge in [-0.1, -0.05) is 12.1 Å². The van der Waals surface area contributed by atoms with Gasteiger partial charge < -0.3 is 10.4 Å². The number of nitrogens with one attached hydrogen (secondary N) is 1. The van der Waals surface area contributed by atoms with Crippen LogP contribution in [-0.4, -0.2) is 25.4 Å². The van der Waals surface area contributed by atoms with E-state index in [2.05, 4.69) is 5.32 Å². The molecule has 0 aromatic heterocycles. The lowest BCUT2D eigenvalue weighted by Gasteiger charge is -2.06. The second-order valence-corrected chi connectivity index (χ2v) is 5.91. The zero-order valence-electron chi connectivity index (χ0n) is 10.7. The van der Waals surface area contributed by atoms with Crippen molar-refractivity contribution in [3.63, 3.8) is 0 Å². The fraction of sp³-hybridized carbons (Fsp3) is 0.333. The third-order valence-corrected chi connectivity index (χ3v) is 3.14. The van der Waals surface area contributed by atoms with E-state index in [4.69, 9.17) is 10.2 Å². The molecule has 7 nitrogen and oxygen atoms in total. The Hall–Kier alpha value is -1.93. The highest BCUT2D eigenvalue weighted by Gasteiger charge is 2.07. The number of carboxylic acid groups (broad SMARTS) is 1. The molecule has 1 aromatic carbocycles. The third kappa shape index (κ3) is 6.86. The minimum absolute atomic E-state index is 0.0548. The molecule has 8 heteroatoms. The minimum Gasteiger partial charge on any atom is -0.481 e. The van der Waals surface area contributed by atoms with Crippen molar-refractivity contribution in [3.05, 3.63) is 29.8 Å². The highest BCUT2D eigenvalue weighted by atomic mass is 32.2. The van der Waals surface area contributed by atoms with E-state index < -0.39 is 16.0 Å². The summed E-state index contributed by atoms with van der Waals surface area (Å²) >= 11 is 0. The summed E-state index contributed by atoms with van der Waals surface area (Å²) in [4.78, 5) is 21.8. The van der Waals surface area contributed by atoms with Crippen LogP contribution in [0.1, 0.15) is 24.8 Å². The lowest BCUT2D eigenvalue weighted by Crippen LogP contribution is -2.15. The number of primary sulfonamides is 1. The van der Waals surface area contributed by atoms with Crippen molar-refractivity contribution in [1.29, 1.82) is 0 Å². The SMILES string of the molecule is NS(=O)(=O)Cc1ccc(NC(=O)CCCC(=O)O)cc1. The van der Waals surface area contributed by atoms with Gasteiger partial charge >= 0.3 is 5.97 Å². The number of amides is 1. The standard InChI is InChI=1S/C12H16N2O5S/c13-20(18,19)8-9-4-6-10(7-5-9)14-11(15)2-1-3-12(16)17/h4-7H,1-3,8H2,(H,14,15)(H,16,17)(H2,13,18,19). The summed E-state index contributed by atoms with van der Waals surface area (Å²) in [5, 5.41) is 16.0. The van der Waals surface area contributed by atoms with E-state index in [-0.39, 0.29) is 30.9 Å². The lowest BCUT2D eigenvalue weighted by atomic mass is 10.2. The van der Waals surface area contributed by atoms with Gasteiger partial charge in [0.05, 0.1) is 5.75 Å². The molecule has 20 heavy (non-hydrogen) atoms. The van der Waals surface area contributed by atoms with Gasteiger partial charge in [-0.3, -0.25) is 9.59 Å². The monoisotopic (exact) mass is 300 g/mol. The predicted molar refractivity (Wildman–Crippen MR) is 73.4 cm³/mol. The summed E-state index contributed by atoms with van der Waals surface area (Å²) < 4.78 is 21.8. The Bertz CT molecular complexity index is 580. The fourth-order valence-electron chi connectivity index (χ4n) is 1.54. The smallest absolute Gasteiger partial charge is 0.303 e. The van der Waals surface area contributed by atoms with E-state index in [0.717, 1.165) is 0 Å². The Kier molecular flexibility index (Phi) is 5.66. The molecule has 0 radical (unpaired) electrons. The number of aliphatic carboxylic acids is 1. The molecule has 0 heterocycles. The van der Waals surface area contributed by atoms with Crippen LogP contribution < -0.4 is 10.5 Å². The summed E-state index contributed by atoms with van der Waals surface area (Å²) in [5.41, 5.74) is 1.04. The van der Waals surface area contributed by atoms with Crippen LogP contribution in [0.15, 0.2) is 24.3 Å². The Labute approximate surface area is 116 Å². The molecule has 0 bridgehead atoms. The number of anilines is 1. The summed E-state index contributed by atoms with van der Waals surface area (Å²) in [6, 6.07) is 6.24. The van der Waals surface area contributed by atoms with Crippen molar-refractivity contribution in [2.75, 3.05) is 5.32 Å². The quantitative estimate of drug-likeness (QED) is 0.682. The maximum Gasteiger partial charge on any atom is 0.303 e. The molecule has 0 aliphatic rings. The number of hydrogen-bond acceptors (Lipinski definition) is 4. The molecule has 0 saturated heterocycles. The molecule has 0 saturated carbocycles. The fourth-order valence-corrected chi connectivity index (χ4v) is 2.20. The van der Waals surface area contributed by atoms with Gasteiger partial charge in [-0.2, -0.15) is 0 Å². The van der Waals surface area contributed by atoms with Gasteiger partial charge in [-0.25, -0.2) is 13.6 Å². The Balaban J connectivity index is 2.49. The van der Waals surface area contributed by atoms with Crippen LogP contribution in [0.2, 0.25) is 0 Å². The lowest BCUT2D eigenvalue weighted by molar-refractivity contribution is -0.137. The molecule has 0 aliphatic carbocycles. The molecule has 1 amide bonds. The molecule has 1 rings (SSSR count). The van der Waals surface area contributed by atoms with Gasteiger partial charge in [0, 0.05) is 18.5 Å². The average molecular weight is 300 g/mol. The largest absolute Gasteiger partial charge is 0.481 e. The maximum atomic E-state index is 11.5. The van der Waals surface area contributed by atoms with E-state index in [9.17, 15) is 18.0 Å². The number of sulfonamides is 1. The second-order valence-electron chi connectivity index (χ2n) is 4.30. The van der Waals surface area contributed by atoms with Crippen molar-refractivity contribution in [2.45, 2.75) is 25.0 Å². The number of nitrogens with two attached hydrogens (primary N) is 1. The Morgan fingerprint density at radius 2 is 1.75 bits per heavy atom. The van der Waals surface area contributed by atoms with Crippen molar-refractivity contribution < 1.29 is 23.1 Å². The normalized spacial score (nSPS) is 11.1. The van der Waals surface area contributed by atoms with Gasteiger partial charge in [-0.15, -0.1) is 0 Å². The number of benzene rings is 1. The number of carboxylic acids is 1. The topological polar surface area (TPSA) is 127 Å². The van der Waals surface area contributed by atoms with Crippen LogP contribution >= 0.6 is 0 Å². The van der Waals surface area contributed by atoms with Gasteiger partial charge in [-0.05, 0) is 24.1 Å². The third-order valence-electron chi connectivity index (χ3n) is 2.40. The first-order valence-corrected chi connectivity index (χ1v) is 7.59. The second kappa shape index (κ2) is 7.01. The number of hydrogen-bond donors (Lipinski definition) is 3. The molecule has 0 atom stereocenters. The molecule has 110 valence electrons. The van der Waals surface area contributed by atoms with Crippen molar-refractivity contribution in [2.24, 2.45) is 5.14 Å². The molecule has 0 unspecified atom stereocenters. The molecular formula is C12H16N2O5S. The van der Waals surface area contributed by atoms with E-state index in [1.54, 1.807) is 24.3 Å². The van der Waals surface area contributed by atoms with E-state index >= 15 is 0 Å². The molecule has 0 spiro atoms. The summed E-state index contributed by atoms with van der Waals surface area (Å²) in [7, 11) is -3.58. The number of carbonyl (C=O) groups excluding carboxylic acids is 1. The zero-order valence-corrected chi connectivity index (χ0v) is 11.5. The van der Waals surface area contributed by atoms with Crippen LogP contribution in [-0.2, 0) is 25.4 Å². The van der Waals surface area contributed by atoms with Gasteiger partial charge in [0.15, 0.2) is 0 Å². The van der Waals surface area contributed by atoms with Crippen LogP contribution in [0.25, 0.3) is 0 Å². The van der Waals surface area contributed by atoms with E-state index in [1.165, 1.54) is 0 Å². The van der Waals surface area contributed by atoms with Crippen LogP contribution in [0, 0.1) is 0 Å². The highest BCUT2D eigenvalue weighted by Crippen LogP contribution is 2.12. The summed E-state index contributed by atoms with van der Waals surface area (Å²) in [5.74, 6) is -1.49. The predicted octanol–water partition coefficient (Wildman–Crippen LogP) is 0.668. The number of rotatable bonds is 7. The summed E-state index contributed by atoms with van der Waals surface area (Å²) in [6.45, 7) is 0. The van der Waals surface area contributed by atoms with Crippen molar-refractivity contribution >= 4 is 27.6 Å². The first kappa shape index (κ1) is 16.1. The van der Waals surface area contributed by atoms with E-state index in [0.29, 0.717) is 11.3 Å². The van der Waals surface area contributed by atoms with Gasteiger partial charge in [0.1, 0.15) is 0 Å². The Morgan fingerprint density at radius 3 is 2.25 bits per heavy atom.